The molecule has 0 N–H and O–H groups in total. The summed E-state index contributed by atoms with van der Waals surface area (Å²) in [7, 11) is 0. The molecule has 0 radical (unpaired) electrons. The van der Waals surface area contributed by atoms with Crippen molar-refractivity contribution in [2.24, 2.45) is 5.92 Å². The molecular formula is C9H11F6N3. The van der Waals surface area contributed by atoms with Crippen LogP contribution in [0, 0.1) is 5.92 Å². The van der Waals surface area contributed by atoms with Gasteiger partial charge in [0, 0.05) is 6.54 Å². The Kier molecular flexibility index (Phi) is 3.92. The van der Waals surface area contributed by atoms with Gasteiger partial charge in [0.25, 0.3) is 0 Å². The highest BCUT2D eigenvalue weighted by atomic mass is 19.4. The minimum Gasteiger partial charge on any atom is -0.317 e. The molecule has 0 spiro atoms. The van der Waals surface area contributed by atoms with Crippen LogP contribution in [0.5, 0.6) is 0 Å². The normalized spacial score (nSPS) is 13.7. The predicted octanol–water partition coefficient (Wildman–Crippen LogP) is 3.14. The first kappa shape index (κ1) is 14.8. The van der Waals surface area contributed by atoms with Crippen LogP contribution in [-0.2, 0) is 6.54 Å². The van der Waals surface area contributed by atoms with Crippen LogP contribution in [0.25, 0.3) is 0 Å². The number of hydrogen-bond donors (Lipinski definition) is 0. The molecule has 0 saturated carbocycles. The molecular weight excluding hydrogens is 264 g/mol. The Morgan fingerprint density at radius 2 is 1.61 bits per heavy atom. The second-order valence-electron chi connectivity index (χ2n) is 4.25. The van der Waals surface area contributed by atoms with Crippen LogP contribution in [0.2, 0.25) is 0 Å². The summed E-state index contributed by atoms with van der Waals surface area (Å²) in [4.78, 5) is 0. The van der Waals surface area contributed by atoms with Crippen LogP contribution in [0.3, 0.4) is 0 Å². The lowest BCUT2D eigenvalue weighted by Gasteiger charge is -2.23. The maximum Gasteiger partial charge on any atom is 0.407 e. The number of alkyl halides is 6. The molecule has 1 aromatic heterocycles. The molecule has 0 saturated heterocycles. The van der Waals surface area contributed by atoms with Gasteiger partial charge in [0.2, 0.25) is 5.92 Å². The molecule has 18 heavy (non-hydrogen) atoms. The van der Waals surface area contributed by atoms with Crippen LogP contribution < -0.4 is 0 Å². The first-order valence-corrected chi connectivity index (χ1v) is 5.04. The van der Waals surface area contributed by atoms with Crippen molar-refractivity contribution in [3.05, 3.63) is 12.2 Å². The molecule has 0 bridgehead atoms. The quantitative estimate of drug-likeness (QED) is 0.793. The highest BCUT2D eigenvalue weighted by Crippen LogP contribution is 2.45. The molecule has 0 aliphatic carbocycles. The number of nitrogens with zero attached hydrogens (tertiary/aromatic N) is 3. The third kappa shape index (κ3) is 3.36. The van der Waals surface area contributed by atoms with E-state index in [-0.39, 0.29) is 12.5 Å². The van der Waals surface area contributed by atoms with Crippen molar-refractivity contribution in [3.8, 4) is 0 Å². The summed E-state index contributed by atoms with van der Waals surface area (Å²) in [6, 6.07) is 0. The molecule has 0 amide bonds. The Bertz CT molecular complexity index is 378. The third-order valence-corrected chi connectivity index (χ3v) is 2.12. The Morgan fingerprint density at radius 3 is 2.00 bits per heavy atom. The van der Waals surface area contributed by atoms with E-state index in [9.17, 15) is 26.3 Å². The Labute approximate surface area is 98.8 Å². The van der Waals surface area contributed by atoms with Gasteiger partial charge in [0.15, 0.2) is 5.82 Å². The van der Waals surface area contributed by atoms with Crippen molar-refractivity contribution in [3.63, 3.8) is 0 Å². The first-order chi connectivity index (χ1) is 8.03. The molecule has 1 rings (SSSR count). The lowest BCUT2D eigenvalue weighted by Crippen LogP contribution is -2.36. The van der Waals surface area contributed by atoms with Crippen LogP contribution >= 0.6 is 0 Å². The van der Waals surface area contributed by atoms with Crippen LogP contribution in [-0.4, -0.2) is 27.1 Å². The zero-order chi connectivity index (χ0) is 14.1. The Balaban J connectivity index is 3.19. The third-order valence-electron chi connectivity index (χ3n) is 2.12. The second-order valence-corrected chi connectivity index (χ2v) is 4.25. The van der Waals surface area contributed by atoms with Gasteiger partial charge in [0.05, 0.1) is 0 Å². The van der Waals surface area contributed by atoms with E-state index in [1.54, 1.807) is 13.8 Å². The highest BCUT2D eigenvalue weighted by Gasteiger charge is 2.59. The minimum atomic E-state index is -5.44. The van der Waals surface area contributed by atoms with Crippen LogP contribution in [0.1, 0.15) is 25.6 Å². The average molecular weight is 275 g/mol. The molecule has 1 heterocycles. The van der Waals surface area contributed by atoms with E-state index >= 15 is 0 Å². The van der Waals surface area contributed by atoms with Gasteiger partial charge >= 0.3 is 12.4 Å². The van der Waals surface area contributed by atoms with E-state index in [1.165, 1.54) is 0 Å². The molecule has 0 unspecified atom stereocenters. The summed E-state index contributed by atoms with van der Waals surface area (Å²) in [6.45, 7) is 3.32. The molecule has 9 heteroatoms. The van der Waals surface area contributed by atoms with Gasteiger partial charge in [-0.25, -0.2) is 0 Å². The lowest BCUT2D eigenvalue weighted by molar-refractivity contribution is -0.256. The smallest absolute Gasteiger partial charge is 0.317 e. The van der Waals surface area contributed by atoms with Crippen molar-refractivity contribution in [1.82, 2.24) is 14.8 Å². The second kappa shape index (κ2) is 4.77. The fraction of sp³-hybridized carbons (Fsp3) is 0.778. The fourth-order valence-corrected chi connectivity index (χ4v) is 1.50. The van der Waals surface area contributed by atoms with Crippen LogP contribution in [0.4, 0.5) is 26.3 Å². The lowest BCUT2D eigenvalue weighted by atomic mass is 10.1. The zero-order valence-electron chi connectivity index (χ0n) is 9.55. The molecule has 104 valence electrons. The van der Waals surface area contributed by atoms with Gasteiger partial charge < -0.3 is 4.57 Å². The number of aromatic nitrogens is 3. The summed E-state index contributed by atoms with van der Waals surface area (Å²) >= 11 is 0. The Morgan fingerprint density at radius 1 is 1.11 bits per heavy atom. The molecule has 1 aromatic rings. The molecule has 0 aliphatic heterocycles. The van der Waals surface area contributed by atoms with E-state index in [1.807, 2.05) is 0 Å². The Hall–Kier alpha value is -1.28. The summed E-state index contributed by atoms with van der Waals surface area (Å²) in [5, 5.41) is 6.11. The van der Waals surface area contributed by atoms with Gasteiger partial charge in [-0.15, -0.1) is 10.2 Å². The van der Waals surface area contributed by atoms with E-state index in [2.05, 4.69) is 10.2 Å². The van der Waals surface area contributed by atoms with Gasteiger partial charge in [-0.3, -0.25) is 0 Å². The van der Waals surface area contributed by atoms with E-state index in [4.69, 9.17) is 0 Å². The van der Waals surface area contributed by atoms with Crippen LogP contribution in [0.15, 0.2) is 6.33 Å². The van der Waals surface area contributed by atoms with E-state index < -0.39 is 24.1 Å². The standard InChI is InChI=1S/C9H11F6N3/c1-5(2)3-18-4-16-17-7(18)6(8(10,11)12)9(13,14)15/h4-6H,3H2,1-2H3. The maximum atomic E-state index is 12.5. The number of hydrogen-bond acceptors (Lipinski definition) is 2. The van der Waals surface area contributed by atoms with E-state index in [0.29, 0.717) is 0 Å². The van der Waals surface area contributed by atoms with Crippen molar-refractivity contribution < 1.29 is 26.3 Å². The molecule has 0 aliphatic rings. The largest absolute Gasteiger partial charge is 0.407 e. The number of rotatable bonds is 3. The minimum absolute atomic E-state index is 0.00894. The SMILES string of the molecule is CC(C)Cn1cnnc1C(C(F)(F)F)C(F)(F)F. The summed E-state index contributed by atoms with van der Waals surface area (Å²) < 4.78 is 75.8. The summed E-state index contributed by atoms with van der Waals surface area (Å²) in [5.74, 6) is -4.85. The summed E-state index contributed by atoms with van der Waals surface area (Å²) in [5.41, 5.74) is 0. The maximum absolute atomic E-state index is 12.5. The highest BCUT2D eigenvalue weighted by molar-refractivity contribution is 5.04. The average Bonchev–Trinajstić information content (AvgIpc) is 2.46. The molecule has 3 nitrogen and oxygen atoms in total. The van der Waals surface area contributed by atoms with Crippen molar-refractivity contribution in [1.29, 1.82) is 0 Å². The predicted molar refractivity (Wildman–Crippen MR) is 49.7 cm³/mol. The summed E-state index contributed by atoms with van der Waals surface area (Å²) in [6.07, 6.45) is -10.0. The monoisotopic (exact) mass is 275 g/mol. The van der Waals surface area contributed by atoms with Crippen molar-refractivity contribution in [2.75, 3.05) is 0 Å². The molecule has 0 fully saturated rings. The van der Waals surface area contributed by atoms with Gasteiger partial charge in [-0.2, -0.15) is 26.3 Å². The fourth-order valence-electron chi connectivity index (χ4n) is 1.50. The number of halogens is 6. The van der Waals surface area contributed by atoms with Crippen molar-refractivity contribution >= 4 is 0 Å². The topological polar surface area (TPSA) is 30.7 Å². The first-order valence-electron chi connectivity index (χ1n) is 5.04. The van der Waals surface area contributed by atoms with Crippen molar-refractivity contribution in [2.45, 2.75) is 38.7 Å². The van der Waals surface area contributed by atoms with Gasteiger partial charge in [-0.1, -0.05) is 13.8 Å². The zero-order valence-corrected chi connectivity index (χ0v) is 9.55. The molecule has 0 atom stereocenters. The van der Waals surface area contributed by atoms with E-state index in [0.717, 1.165) is 10.9 Å². The molecule has 0 aromatic carbocycles. The van der Waals surface area contributed by atoms with Gasteiger partial charge in [0.1, 0.15) is 6.33 Å². The van der Waals surface area contributed by atoms with Gasteiger partial charge in [-0.05, 0) is 5.92 Å².